The average Bonchev–Trinajstić information content (AvgIpc) is 2.71. The van der Waals surface area contributed by atoms with Crippen molar-refractivity contribution in [3.05, 3.63) is 29.8 Å². The van der Waals surface area contributed by atoms with Gasteiger partial charge < -0.3 is 0 Å². The molecule has 1 heteroatoms. The summed E-state index contributed by atoms with van der Waals surface area (Å²) in [5.41, 5.74) is 2.90. The van der Waals surface area contributed by atoms with Gasteiger partial charge in [-0.15, -0.1) is 0 Å². The third-order valence-corrected chi connectivity index (χ3v) is 2.13. The minimum atomic E-state index is 0.903. The van der Waals surface area contributed by atoms with Crippen LogP contribution < -0.4 is 5.46 Å². The lowest BCUT2D eigenvalue weighted by Crippen LogP contribution is -2.13. The first-order valence-electron chi connectivity index (χ1n) is 3.93. The lowest BCUT2D eigenvalue weighted by Gasteiger charge is -1.94. The molecule has 1 fully saturated rings. The summed E-state index contributed by atoms with van der Waals surface area (Å²) in [5.74, 6) is 0. The van der Waals surface area contributed by atoms with E-state index < -0.39 is 0 Å². The molecule has 10 heavy (non-hydrogen) atoms. The Morgan fingerprint density at radius 3 is 2.20 bits per heavy atom. The second-order valence-corrected chi connectivity index (χ2v) is 3.18. The van der Waals surface area contributed by atoms with Gasteiger partial charge in [0.15, 0.2) is 6.71 Å². The first-order chi connectivity index (χ1) is 4.86. The van der Waals surface area contributed by atoms with E-state index in [0.29, 0.717) is 0 Å². The summed E-state index contributed by atoms with van der Waals surface area (Å²) in [5, 5.41) is 0. The topological polar surface area (TPSA) is 0 Å². The molecular weight excluding hydrogens is 119 g/mol. The molecule has 0 saturated carbocycles. The molecule has 0 radical (unpaired) electrons. The molecule has 0 bridgehead atoms. The van der Waals surface area contributed by atoms with Gasteiger partial charge in [-0.25, -0.2) is 0 Å². The summed E-state index contributed by atoms with van der Waals surface area (Å²) in [6, 6.07) is 8.92. The van der Waals surface area contributed by atoms with Gasteiger partial charge in [0.05, 0.1) is 0 Å². The van der Waals surface area contributed by atoms with Crippen LogP contribution in [0.25, 0.3) is 0 Å². The van der Waals surface area contributed by atoms with Crippen LogP contribution in [-0.4, -0.2) is 6.71 Å². The van der Waals surface area contributed by atoms with E-state index in [9.17, 15) is 0 Å². The molecule has 1 heterocycles. The van der Waals surface area contributed by atoms with Gasteiger partial charge >= 0.3 is 0 Å². The van der Waals surface area contributed by atoms with Crippen molar-refractivity contribution in [1.29, 1.82) is 0 Å². The SMILES string of the molecule is Cc1ccc(B2CC2)cc1. The minimum absolute atomic E-state index is 0.903. The molecule has 0 atom stereocenters. The maximum atomic E-state index is 2.26. The highest BCUT2D eigenvalue weighted by Gasteiger charge is 2.27. The van der Waals surface area contributed by atoms with E-state index in [1.165, 1.54) is 23.7 Å². The van der Waals surface area contributed by atoms with Crippen molar-refractivity contribution in [1.82, 2.24) is 0 Å². The zero-order valence-corrected chi connectivity index (χ0v) is 6.30. The van der Waals surface area contributed by atoms with Gasteiger partial charge in [0.1, 0.15) is 0 Å². The molecule has 0 aliphatic carbocycles. The molecule has 0 aromatic heterocycles. The Morgan fingerprint density at radius 2 is 1.70 bits per heavy atom. The lowest BCUT2D eigenvalue weighted by atomic mass is 9.63. The van der Waals surface area contributed by atoms with E-state index in [0.717, 1.165) is 6.71 Å². The molecule has 1 saturated heterocycles. The molecule has 1 aliphatic heterocycles. The van der Waals surface area contributed by atoms with Crippen LogP contribution in [0.1, 0.15) is 5.56 Å². The molecule has 0 N–H and O–H groups in total. The Kier molecular flexibility index (Phi) is 1.30. The van der Waals surface area contributed by atoms with Crippen LogP contribution in [0.3, 0.4) is 0 Å². The quantitative estimate of drug-likeness (QED) is 0.507. The maximum Gasteiger partial charge on any atom is 0.174 e. The first-order valence-corrected chi connectivity index (χ1v) is 3.93. The van der Waals surface area contributed by atoms with Crippen LogP contribution >= 0.6 is 0 Å². The Labute approximate surface area is 62.3 Å². The van der Waals surface area contributed by atoms with Gasteiger partial charge in [0.25, 0.3) is 0 Å². The lowest BCUT2D eigenvalue weighted by molar-refractivity contribution is 1.49. The van der Waals surface area contributed by atoms with E-state index in [-0.39, 0.29) is 0 Å². The van der Waals surface area contributed by atoms with Crippen LogP contribution in [-0.2, 0) is 0 Å². The van der Waals surface area contributed by atoms with Gasteiger partial charge in [0.2, 0.25) is 0 Å². The number of rotatable bonds is 1. The maximum absolute atomic E-state index is 2.26. The second kappa shape index (κ2) is 2.15. The molecule has 1 aromatic carbocycles. The van der Waals surface area contributed by atoms with E-state index in [2.05, 4.69) is 31.2 Å². The Bertz CT molecular complexity index is 221. The monoisotopic (exact) mass is 130 g/mol. The van der Waals surface area contributed by atoms with Crippen LogP contribution in [0.4, 0.5) is 0 Å². The minimum Gasteiger partial charge on any atom is -0.0801 e. The fourth-order valence-corrected chi connectivity index (χ4v) is 1.26. The molecule has 1 aromatic rings. The van der Waals surface area contributed by atoms with E-state index in [1.54, 1.807) is 0 Å². The molecule has 0 amide bonds. The molecular formula is C9H11B. The standard InChI is InChI=1S/C9H11B/c1-8-2-4-9(5-3-8)10-6-7-10/h2-5H,6-7H2,1H3. The van der Waals surface area contributed by atoms with Crippen molar-refractivity contribution in [2.45, 2.75) is 19.6 Å². The van der Waals surface area contributed by atoms with Crippen LogP contribution in [0.15, 0.2) is 24.3 Å². The second-order valence-electron chi connectivity index (χ2n) is 3.18. The Balaban J connectivity index is 2.28. The van der Waals surface area contributed by atoms with E-state index >= 15 is 0 Å². The fourth-order valence-electron chi connectivity index (χ4n) is 1.26. The van der Waals surface area contributed by atoms with Gasteiger partial charge in [0, 0.05) is 0 Å². The van der Waals surface area contributed by atoms with Crippen molar-refractivity contribution in [2.75, 3.05) is 0 Å². The van der Waals surface area contributed by atoms with Crippen LogP contribution in [0.2, 0.25) is 12.6 Å². The summed E-state index contributed by atoms with van der Waals surface area (Å²) < 4.78 is 0. The number of hydrogen-bond acceptors (Lipinski definition) is 0. The summed E-state index contributed by atoms with van der Waals surface area (Å²) in [4.78, 5) is 0. The summed E-state index contributed by atoms with van der Waals surface area (Å²) in [6.07, 6.45) is 2.81. The Hall–Kier alpha value is -0.715. The van der Waals surface area contributed by atoms with E-state index in [1.807, 2.05) is 0 Å². The van der Waals surface area contributed by atoms with Gasteiger partial charge in [-0.3, -0.25) is 0 Å². The largest absolute Gasteiger partial charge is 0.174 e. The normalized spacial score (nSPS) is 15.5. The van der Waals surface area contributed by atoms with Gasteiger partial charge in [-0.05, 0) is 6.92 Å². The van der Waals surface area contributed by atoms with Crippen molar-refractivity contribution in [3.63, 3.8) is 0 Å². The molecule has 2 rings (SSSR count). The average molecular weight is 130 g/mol. The van der Waals surface area contributed by atoms with E-state index in [4.69, 9.17) is 0 Å². The number of hydrogen-bond donors (Lipinski definition) is 0. The Morgan fingerprint density at radius 1 is 1.10 bits per heavy atom. The molecule has 1 aliphatic rings. The summed E-state index contributed by atoms with van der Waals surface area (Å²) >= 11 is 0. The van der Waals surface area contributed by atoms with Crippen molar-refractivity contribution in [2.24, 2.45) is 0 Å². The highest BCUT2D eigenvalue weighted by molar-refractivity contribution is 6.82. The third-order valence-electron chi connectivity index (χ3n) is 2.13. The van der Waals surface area contributed by atoms with Crippen molar-refractivity contribution >= 4 is 12.2 Å². The number of aryl methyl sites for hydroxylation is 1. The predicted molar refractivity (Wildman–Crippen MR) is 46.2 cm³/mol. The van der Waals surface area contributed by atoms with Crippen LogP contribution in [0.5, 0.6) is 0 Å². The molecule has 0 unspecified atom stereocenters. The molecule has 0 spiro atoms. The summed E-state index contributed by atoms with van der Waals surface area (Å²) in [7, 11) is 0. The summed E-state index contributed by atoms with van der Waals surface area (Å²) in [6.45, 7) is 3.04. The third kappa shape index (κ3) is 1.09. The highest BCUT2D eigenvalue weighted by atomic mass is 14.0. The first kappa shape index (κ1) is 6.02. The molecule has 50 valence electrons. The zero-order chi connectivity index (χ0) is 6.97. The van der Waals surface area contributed by atoms with Gasteiger partial charge in [-0.1, -0.05) is 47.9 Å². The fraction of sp³-hybridized carbons (Fsp3) is 0.333. The van der Waals surface area contributed by atoms with Crippen LogP contribution in [0, 0.1) is 6.92 Å². The smallest absolute Gasteiger partial charge is 0.0801 e. The highest BCUT2D eigenvalue weighted by Crippen LogP contribution is 2.20. The van der Waals surface area contributed by atoms with Crippen molar-refractivity contribution < 1.29 is 0 Å². The molecule has 0 nitrogen and oxygen atoms in total. The predicted octanol–water partition coefficient (Wildman–Crippen LogP) is 1.71. The van der Waals surface area contributed by atoms with Crippen molar-refractivity contribution in [3.8, 4) is 0 Å². The number of benzene rings is 1. The zero-order valence-electron chi connectivity index (χ0n) is 6.30. The van der Waals surface area contributed by atoms with Gasteiger partial charge in [-0.2, -0.15) is 0 Å².